The fourth-order valence-electron chi connectivity index (χ4n) is 1.58. The van der Waals surface area contributed by atoms with Gasteiger partial charge in [-0.1, -0.05) is 32.4 Å². The molecule has 0 spiro atoms. The van der Waals surface area contributed by atoms with Gasteiger partial charge in [0.1, 0.15) is 0 Å². The van der Waals surface area contributed by atoms with E-state index in [1.54, 1.807) is 0 Å². The van der Waals surface area contributed by atoms with Crippen LogP contribution < -0.4 is 5.32 Å². The van der Waals surface area contributed by atoms with Crippen LogP contribution in [-0.2, 0) is 0 Å². The lowest BCUT2D eigenvalue weighted by Gasteiger charge is -2.16. The standard InChI is InChI=1S/C13H20ClN/c1-4-8-15-13-7-6-11(14)9-12(13)10(3)5-2/h6-7,9-10,15H,4-5,8H2,1-3H3. The summed E-state index contributed by atoms with van der Waals surface area (Å²) >= 11 is 6.02. The van der Waals surface area contributed by atoms with Gasteiger partial charge in [0.25, 0.3) is 0 Å². The Bertz CT molecular complexity index is 309. The van der Waals surface area contributed by atoms with Gasteiger partial charge in [-0.05, 0) is 42.5 Å². The monoisotopic (exact) mass is 225 g/mol. The zero-order valence-electron chi connectivity index (χ0n) is 9.81. The molecule has 0 amide bonds. The molecule has 0 aliphatic carbocycles. The van der Waals surface area contributed by atoms with Crippen LogP contribution in [0.1, 0.15) is 45.1 Å². The van der Waals surface area contributed by atoms with Gasteiger partial charge in [-0.25, -0.2) is 0 Å². The lowest BCUT2D eigenvalue weighted by molar-refractivity contribution is 0.734. The molecule has 0 aromatic heterocycles. The number of benzene rings is 1. The minimum absolute atomic E-state index is 0.558. The molecule has 0 saturated heterocycles. The number of nitrogens with one attached hydrogen (secondary N) is 1. The smallest absolute Gasteiger partial charge is 0.0410 e. The summed E-state index contributed by atoms with van der Waals surface area (Å²) in [6.07, 6.45) is 2.28. The molecule has 1 aromatic rings. The van der Waals surface area contributed by atoms with Crippen molar-refractivity contribution in [3.05, 3.63) is 28.8 Å². The first kappa shape index (κ1) is 12.4. The van der Waals surface area contributed by atoms with Crippen molar-refractivity contribution < 1.29 is 0 Å². The van der Waals surface area contributed by atoms with Crippen LogP contribution in [0.15, 0.2) is 18.2 Å². The van der Waals surface area contributed by atoms with E-state index in [0.717, 1.165) is 24.4 Å². The fraction of sp³-hybridized carbons (Fsp3) is 0.538. The summed E-state index contributed by atoms with van der Waals surface area (Å²) in [6, 6.07) is 6.11. The molecule has 0 bridgehead atoms. The third-order valence-electron chi connectivity index (χ3n) is 2.72. The molecule has 1 rings (SSSR count). The Labute approximate surface area is 97.8 Å². The van der Waals surface area contributed by atoms with Gasteiger partial charge in [-0.2, -0.15) is 0 Å². The Morgan fingerprint density at radius 2 is 2.07 bits per heavy atom. The zero-order valence-corrected chi connectivity index (χ0v) is 10.6. The van der Waals surface area contributed by atoms with E-state index >= 15 is 0 Å². The van der Waals surface area contributed by atoms with E-state index in [1.807, 2.05) is 6.07 Å². The summed E-state index contributed by atoms with van der Waals surface area (Å²) in [7, 11) is 0. The van der Waals surface area contributed by atoms with Crippen LogP contribution in [0.4, 0.5) is 5.69 Å². The highest BCUT2D eigenvalue weighted by Gasteiger charge is 2.09. The summed E-state index contributed by atoms with van der Waals surface area (Å²) < 4.78 is 0. The van der Waals surface area contributed by atoms with Crippen molar-refractivity contribution in [1.82, 2.24) is 0 Å². The summed E-state index contributed by atoms with van der Waals surface area (Å²) in [5.41, 5.74) is 2.56. The molecule has 1 unspecified atom stereocenters. The van der Waals surface area contributed by atoms with E-state index < -0.39 is 0 Å². The maximum absolute atomic E-state index is 6.02. The third-order valence-corrected chi connectivity index (χ3v) is 2.96. The van der Waals surface area contributed by atoms with Crippen LogP contribution in [0.25, 0.3) is 0 Å². The van der Waals surface area contributed by atoms with E-state index in [1.165, 1.54) is 11.3 Å². The van der Waals surface area contributed by atoms with Crippen LogP contribution in [-0.4, -0.2) is 6.54 Å². The second kappa shape index (κ2) is 6.02. The lowest BCUT2D eigenvalue weighted by Crippen LogP contribution is -2.04. The van der Waals surface area contributed by atoms with Gasteiger partial charge in [0.05, 0.1) is 0 Å². The van der Waals surface area contributed by atoms with Crippen LogP contribution in [0, 0.1) is 0 Å². The van der Waals surface area contributed by atoms with Gasteiger partial charge in [0.15, 0.2) is 0 Å². The highest BCUT2D eigenvalue weighted by Crippen LogP contribution is 2.29. The molecule has 0 aliphatic rings. The molecule has 1 atom stereocenters. The largest absolute Gasteiger partial charge is 0.385 e. The molecule has 0 heterocycles. The van der Waals surface area contributed by atoms with Gasteiger partial charge in [-0.3, -0.25) is 0 Å². The summed E-state index contributed by atoms with van der Waals surface area (Å²) in [5.74, 6) is 0.558. The fourth-order valence-corrected chi connectivity index (χ4v) is 1.76. The highest BCUT2D eigenvalue weighted by atomic mass is 35.5. The Hall–Kier alpha value is -0.690. The number of hydrogen-bond acceptors (Lipinski definition) is 1. The van der Waals surface area contributed by atoms with Crippen molar-refractivity contribution >= 4 is 17.3 Å². The third kappa shape index (κ3) is 3.42. The first-order chi connectivity index (χ1) is 7.19. The second-order valence-corrected chi connectivity index (χ2v) is 4.40. The Morgan fingerprint density at radius 3 is 2.67 bits per heavy atom. The number of rotatable bonds is 5. The number of hydrogen-bond donors (Lipinski definition) is 1. The Kier molecular flexibility index (Phi) is 4.97. The number of halogens is 1. The van der Waals surface area contributed by atoms with Gasteiger partial charge in [0, 0.05) is 17.3 Å². The molecule has 1 nitrogen and oxygen atoms in total. The Balaban J connectivity index is 2.92. The van der Waals surface area contributed by atoms with Crippen molar-refractivity contribution in [3.8, 4) is 0 Å². The SMILES string of the molecule is CCCNc1ccc(Cl)cc1C(C)CC. The molecule has 15 heavy (non-hydrogen) atoms. The summed E-state index contributed by atoms with van der Waals surface area (Å²) in [5, 5.41) is 4.27. The van der Waals surface area contributed by atoms with Crippen LogP contribution in [0.5, 0.6) is 0 Å². The van der Waals surface area contributed by atoms with Crippen LogP contribution in [0.2, 0.25) is 5.02 Å². The molecule has 0 fully saturated rings. The van der Waals surface area contributed by atoms with Crippen molar-refractivity contribution in [2.24, 2.45) is 0 Å². The van der Waals surface area contributed by atoms with E-state index in [4.69, 9.17) is 11.6 Å². The van der Waals surface area contributed by atoms with Crippen molar-refractivity contribution in [2.75, 3.05) is 11.9 Å². The first-order valence-electron chi connectivity index (χ1n) is 5.72. The Morgan fingerprint density at radius 1 is 1.33 bits per heavy atom. The molecular weight excluding hydrogens is 206 g/mol. The maximum atomic E-state index is 6.02. The predicted molar refractivity (Wildman–Crippen MR) is 68.9 cm³/mol. The van der Waals surface area contributed by atoms with Gasteiger partial charge in [0.2, 0.25) is 0 Å². The average molecular weight is 226 g/mol. The van der Waals surface area contributed by atoms with E-state index in [0.29, 0.717) is 5.92 Å². The van der Waals surface area contributed by atoms with Crippen molar-refractivity contribution in [3.63, 3.8) is 0 Å². The van der Waals surface area contributed by atoms with Crippen molar-refractivity contribution in [2.45, 2.75) is 39.5 Å². The molecule has 0 saturated carbocycles. The minimum atomic E-state index is 0.558. The second-order valence-electron chi connectivity index (χ2n) is 3.97. The highest BCUT2D eigenvalue weighted by molar-refractivity contribution is 6.30. The van der Waals surface area contributed by atoms with E-state index in [9.17, 15) is 0 Å². The topological polar surface area (TPSA) is 12.0 Å². The van der Waals surface area contributed by atoms with Crippen molar-refractivity contribution in [1.29, 1.82) is 0 Å². The van der Waals surface area contributed by atoms with E-state index in [-0.39, 0.29) is 0 Å². The molecule has 1 N–H and O–H groups in total. The predicted octanol–water partition coefficient (Wildman–Crippen LogP) is 4.68. The van der Waals surface area contributed by atoms with E-state index in [2.05, 4.69) is 38.2 Å². The molecule has 1 aromatic carbocycles. The molecule has 84 valence electrons. The number of anilines is 1. The molecule has 0 aliphatic heterocycles. The average Bonchev–Trinajstić information content (AvgIpc) is 2.26. The molecule has 2 heteroatoms. The van der Waals surface area contributed by atoms with Gasteiger partial charge in [-0.15, -0.1) is 0 Å². The zero-order chi connectivity index (χ0) is 11.3. The minimum Gasteiger partial charge on any atom is -0.385 e. The van der Waals surface area contributed by atoms with Crippen LogP contribution in [0.3, 0.4) is 0 Å². The maximum Gasteiger partial charge on any atom is 0.0410 e. The lowest BCUT2D eigenvalue weighted by atomic mass is 9.97. The normalized spacial score (nSPS) is 12.5. The first-order valence-corrected chi connectivity index (χ1v) is 6.10. The molecule has 0 radical (unpaired) electrons. The quantitative estimate of drug-likeness (QED) is 0.768. The molecular formula is C13H20ClN. The summed E-state index contributed by atoms with van der Waals surface area (Å²) in [4.78, 5) is 0. The van der Waals surface area contributed by atoms with Crippen LogP contribution >= 0.6 is 11.6 Å². The van der Waals surface area contributed by atoms with Gasteiger partial charge < -0.3 is 5.32 Å². The van der Waals surface area contributed by atoms with Gasteiger partial charge >= 0.3 is 0 Å². The summed E-state index contributed by atoms with van der Waals surface area (Å²) in [6.45, 7) is 7.63.